The van der Waals surface area contributed by atoms with Gasteiger partial charge >= 0.3 is 0 Å². The maximum absolute atomic E-state index is 5.20. The van der Waals surface area contributed by atoms with E-state index in [-0.39, 0.29) is 0 Å². The van der Waals surface area contributed by atoms with Gasteiger partial charge in [-0.25, -0.2) is 0 Å². The highest BCUT2D eigenvalue weighted by Crippen LogP contribution is 1.99. The third-order valence-corrected chi connectivity index (χ3v) is 1.29. The van der Waals surface area contributed by atoms with E-state index in [1.165, 1.54) is 6.20 Å². The molecule has 0 fully saturated rings. The van der Waals surface area contributed by atoms with Gasteiger partial charge in [0.05, 0.1) is 0 Å². The first kappa shape index (κ1) is 8.94. The monoisotopic (exact) mass is 238 g/mol. The molecule has 0 saturated heterocycles. The number of halogens is 1. The van der Waals surface area contributed by atoms with Crippen molar-refractivity contribution in [3.8, 4) is 0 Å². The number of nitrogens with two attached hydrogens (primary N) is 1. The van der Waals surface area contributed by atoms with Crippen molar-refractivity contribution in [1.82, 2.24) is 0 Å². The van der Waals surface area contributed by atoms with Gasteiger partial charge in [-0.1, -0.05) is 0 Å². The van der Waals surface area contributed by atoms with Gasteiger partial charge in [0.2, 0.25) is 0 Å². The van der Waals surface area contributed by atoms with Crippen LogP contribution in [0, 0.1) is 0 Å². The Hall–Kier alpha value is -0.0600. The Morgan fingerprint density at radius 3 is 2.56 bits per heavy atom. The lowest BCUT2D eigenvalue weighted by Crippen LogP contribution is -1.90. The molecule has 0 heterocycles. The number of aliphatic imine (C=N–C) groups is 1. The van der Waals surface area contributed by atoms with E-state index in [1.807, 2.05) is 13.8 Å². The average Bonchev–Trinajstić information content (AvgIpc) is 1.83. The predicted molar refractivity (Wildman–Crippen MR) is 49.9 cm³/mol. The minimum atomic E-state index is 0.356. The molecular formula is C6H11IN2. The van der Waals surface area contributed by atoms with E-state index in [0.29, 0.717) is 6.04 Å². The van der Waals surface area contributed by atoms with Gasteiger partial charge < -0.3 is 5.73 Å². The second-order valence-electron chi connectivity index (χ2n) is 1.92. The lowest BCUT2D eigenvalue weighted by molar-refractivity contribution is 0.841. The SMILES string of the molecule is CC(C)N=CC(I)=CN. The summed E-state index contributed by atoms with van der Waals surface area (Å²) in [5, 5.41) is 0. The molecular weight excluding hydrogens is 227 g/mol. The molecule has 0 aliphatic rings. The van der Waals surface area contributed by atoms with Crippen molar-refractivity contribution in [2.24, 2.45) is 10.7 Å². The molecule has 3 heteroatoms. The topological polar surface area (TPSA) is 38.4 Å². The maximum Gasteiger partial charge on any atom is 0.0463 e. The van der Waals surface area contributed by atoms with Gasteiger partial charge in [0.1, 0.15) is 0 Å². The van der Waals surface area contributed by atoms with Gasteiger partial charge in [-0.3, -0.25) is 4.99 Å². The van der Waals surface area contributed by atoms with E-state index in [9.17, 15) is 0 Å². The highest BCUT2D eigenvalue weighted by atomic mass is 127. The van der Waals surface area contributed by atoms with Crippen LogP contribution in [0.25, 0.3) is 0 Å². The molecule has 0 spiro atoms. The summed E-state index contributed by atoms with van der Waals surface area (Å²) < 4.78 is 0.973. The Kier molecular flexibility index (Phi) is 4.75. The van der Waals surface area contributed by atoms with Gasteiger partial charge in [-0.15, -0.1) is 0 Å². The molecule has 2 N–H and O–H groups in total. The van der Waals surface area contributed by atoms with Gasteiger partial charge in [-0.05, 0) is 36.4 Å². The molecule has 0 aromatic carbocycles. The van der Waals surface area contributed by atoms with Crippen LogP contribution in [-0.4, -0.2) is 12.3 Å². The third kappa shape index (κ3) is 5.82. The molecule has 0 aliphatic carbocycles. The Labute approximate surface area is 69.4 Å². The van der Waals surface area contributed by atoms with E-state index >= 15 is 0 Å². The second-order valence-corrected chi connectivity index (χ2v) is 3.17. The first-order valence-corrected chi connectivity index (χ1v) is 3.85. The summed E-state index contributed by atoms with van der Waals surface area (Å²) in [6, 6.07) is 0.356. The molecule has 2 nitrogen and oxygen atoms in total. The van der Waals surface area contributed by atoms with Crippen molar-refractivity contribution in [2.45, 2.75) is 19.9 Å². The van der Waals surface area contributed by atoms with Crippen LogP contribution >= 0.6 is 22.6 Å². The Bertz CT molecular complexity index is 127. The van der Waals surface area contributed by atoms with E-state index in [0.717, 1.165) is 3.58 Å². The molecule has 0 aromatic heterocycles. The zero-order valence-corrected chi connectivity index (χ0v) is 7.79. The summed E-state index contributed by atoms with van der Waals surface area (Å²) in [6.07, 6.45) is 3.30. The number of rotatable bonds is 2. The van der Waals surface area contributed by atoms with Crippen LogP contribution in [0.4, 0.5) is 0 Å². The number of allylic oxidation sites excluding steroid dienone is 1. The number of hydrogen-bond donors (Lipinski definition) is 1. The Morgan fingerprint density at radius 2 is 2.22 bits per heavy atom. The van der Waals surface area contributed by atoms with Crippen LogP contribution in [0.3, 0.4) is 0 Å². The van der Waals surface area contributed by atoms with E-state index < -0.39 is 0 Å². The van der Waals surface area contributed by atoms with Crippen molar-refractivity contribution >= 4 is 28.8 Å². The standard InChI is InChI=1S/C6H11IN2/c1-5(2)9-4-6(7)3-8/h3-5H,8H2,1-2H3. The number of nitrogens with zero attached hydrogens (tertiary/aromatic N) is 1. The lowest BCUT2D eigenvalue weighted by atomic mass is 10.4. The van der Waals surface area contributed by atoms with Crippen LogP contribution in [0.2, 0.25) is 0 Å². The Balaban J connectivity index is 3.71. The molecule has 0 aliphatic heterocycles. The van der Waals surface area contributed by atoms with Crippen LogP contribution in [-0.2, 0) is 0 Å². The summed E-state index contributed by atoms with van der Waals surface area (Å²) >= 11 is 2.13. The third-order valence-electron chi connectivity index (χ3n) is 0.655. The first-order valence-electron chi connectivity index (χ1n) is 2.77. The highest BCUT2D eigenvalue weighted by Gasteiger charge is 1.84. The quantitative estimate of drug-likeness (QED) is 0.577. The molecule has 0 bridgehead atoms. The fourth-order valence-corrected chi connectivity index (χ4v) is 0.424. The predicted octanol–water partition coefficient (Wildman–Crippen LogP) is 1.70. The van der Waals surface area contributed by atoms with Crippen molar-refractivity contribution in [3.05, 3.63) is 9.78 Å². The maximum atomic E-state index is 5.20. The molecule has 0 unspecified atom stereocenters. The molecule has 0 saturated carbocycles. The number of hydrogen-bond acceptors (Lipinski definition) is 2. The summed E-state index contributed by atoms with van der Waals surface area (Å²) in [6.45, 7) is 4.05. The molecule has 0 radical (unpaired) electrons. The summed E-state index contributed by atoms with van der Waals surface area (Å²) in [5.74, 6) is 0. The fraction of sp³-hybridized carbons (Fsp3) is 0.500. The van der Waals surface area contributed by atoms with Gasteiger partial charge in [0, 0.05) is 22.0 Å². The normalized spacial score (nSPS) is 13.6. The van der Waals surface area contributed by atoms with Gasteiger partial charge in [0.25, 0.3) is 0 Å². The molecule has 0 aromatic rings. The Morgan fingerprint density at radius 1 is 1.67 bits per heavy atom. The fourth-order valence-electron chi connectivity index (χ4n) is 0.263. The highest BCUT2D eigenvalue weighted by molar-refractivity contribution is 14.1. The van der Waals surface area contributed by atoms with Crippen LogP contribution in [0.5, 0.6) is 0 Å². The lowest BCUT2D eigenvalue weighted by Gasteiger charge is -1.92. The van der Waals surface area contributed by atoms with E-state index in [1.54, 1.807) is 6.21 Å². The van der Waals surface area contributed by atoms with Gasteiger partial charge in [-0.2, -0.15) is 0 Å². The minimum absolute atomic E-state index is 0.356. The molecule has 52 valence electrons. The van der Waals surface area contributed by atoms with E-state index in [4.69, 9.17) is 5.73 Å². The first-order chi connectivity index (χ1) is 4.16. The largest absolute Gasteiger partial charge is 0.404 e. The molecule has 9 heavy (non-hydrogen) atoms. The van der Waals surface area contributed by atoms with Gasteiger partial charge in [0.15, 0.2) is 0 Å². The minimum Gasteiger partial charge on any atom is -0.404 e. The van der Waals surface area contributed by atoms with Crippen LogP contribution in [0.15, 0.2) is 14.8 Å². The smallest absolute Gasteiger partial charge is 0.0463 e. The second kappa shape index (κ2) is 4.78. The zero-order valence-electron chi connectivity index (χ0n) is 5.63. The van der Waals surface area contributed by atoms with Crippen molar-refractivity contribution in [3.63, 3.8) is 0 Å². The van der Waals surface area contributed by atoms with Crippen molar-refractivity contribution in [2.75, 3.05) is 0 Å². The summed E-state index contributed by atoms with van der Waals surface area (Å²) in [4.78, 5) is 4.11. The molecule has 0 rings (SSSR count). The molecule has 0 amide bonds. The molecule has 0 atom stereocenters. The van der Waals surface area contributed by atoms with Crippen molar-refractivity contribution in [1.29, 1.82) is 0 Å². The summed E-state index contributed by atoms with van der Waals surface area (Å²) in [5.41, 5.74) is 5.20. The average molecular weight is 238 g/mol. The van der Waals surface area contributed by atoms with E-state index in [2.05, 4.69) is 27.6 Å². The summed E-state index contributed by atoms with van der Waals surface area (Å²) in [7, 11) is 0. The van der Waals surface area contributed by atoms with Crippen LogP contribution < -0.4 is 5.73 Å². The van der Waals surface area contributed by atoms with Crippen LogP contribution in [0.1, 0.15) is 13.8 Å². The van der Waals surface area contributed by atoms with Crippen molar-refractivity contribution < 1.29 is 0 Å². The zero-order chi connectivity index (χ0) is 7.28.